The van der Waals surface area contributed by atoms with Gasteiger partial charge in [0.1, 0.15) is 0 Å². The van der Waals surface area contributed by atoms with Gasteiger partial charge in [-0.25, -0.2) is 4.98 Å². The van der Waals surface area contributed by atoms with Gasteiger partial charge in [-0.05, 0) is 73.5 Å². The van der Waals surface area contributed by atoms with Crippen molar-refractivity contribution in [3.63, 3.8) is 0 Å². The van der Waals surface area contributed by atoms with E-state index in [4.69, 9.17) is 0 Å². The lowest BCUT2D eigenvalue weighted by molar-refractivity contribution is -0.0743. The summed E-state index contributed by atoms with van der Waals surface area (Å²) >= 11 is 0. The van der Waals surface area contributed by atoms with Crippen LogP contribution in [0.15, 0.2) is 30.4 Å². The fraction of sp³-hybridized carbons (Fsp3) is 0.773. The number of aliphatic hydroxyl groups excluding tert-OH is 2. The zero-order chi connectivity index (χ0) is 18.1. The lowest BCUT2D eigenvalue weighted by atomic mass is 9.48. The number of aliphatic hydroxyl groups is 2. The third-order valence-corrected chi connectivity index (χ3v) is 8.96. The highest BCUT2D eigenvalue weighted by atomic mass is 16.3. The second-order valence-corrected chi connectivity index (χ2v) is 9.96. The summed E-state index contributed by atoms with van der Waals surface area (Å²) in [5.74, 6) is 1.95. The molecule has 4 aliphatic carbocycles. The molecule has 1 aromatic rings. The minimum Gasteiger partial charge on any atom is -0.393 e. The monoisotopic (exact) mass is 356 g/mol. The van der Waals surface area contributed by atoms with Crippen LogP contribution in [0, 0.1) is 28.6 Å². The molecule has 4 aliphatic rings. The fourth-order valence-corrected chi connectivity index (χ4v) is 7.38. The van der Waals surface area contributed by atoms with Gasteiger partial charge in [0.05, 0.1) is 24.6 Å². The third kappa shape index (κ3) is 2.18. The van der Waals surface area contributed by atoms with E-state index < -0.39 is 0 Å². The molecule has 0 saturated heterocycles. The van der Waals surface area contributed by atoms with Gasteiger partial charge in [0.25, 0.3) is 0 Å². The predicted octanol–water partition coefficient (Wildman–Crippen LogP) is 3.72. The molecular formula is C22H32N2O2. The quantitative estimate of drug-likeness (QED) is 0.754. The Kier molecular flexibility index (Phi) is 3.72. The van der Waals surface area contributed by atoms with Gasteiger partial charge in [-0.1, -0.05) is 25.5 Å². The van der Waals surface area contributed by atoms with Crippen LogP contribution in [0.4, 0.5) is 0 Å². The number of nitrogens with zero attached hydrogens (tertiary/aromatic N) is 2. The Morgan fingerprint density at radius 3 is 2.77 bits per heavy atom. The van der Waals surface area contributed by atoms with E-state index >= 15 is 0 Å². The van der Waals surface area contributed by atoms with Crippen LogP contribution in [-0.2, 0) is 0 Å². The highest BCUT2D eigenvalue weighted by Gasteiger charge is 2.61. The lowest BCUT2D eigenvalue weighted by Crippen LogP contribution is -2.51. The third-order valence-electron chi connectivity index (χ3n) is 8.96. The Balaban J connectivity index is 1.48. The van der Waals surface area contributed by atoms with Crippen molar-refractivity contribution in [1.29, 1.82) is 0 Å². The largest absolute Gasteiger partial charge is 0.393 e. The van der Waals surface area contributed by atoms with Crippen LogP contribution in [0.25, 0.3) is 0 Å². The average Bonchev–Trinajstić information content (AvgIpc) is 3.23. The molecule has 3 fully saturated rings. The second-order valence-electron chi connectivity index (χ2n) is 9.96. The van der Waals surface area contributed by atoms with Crippen molar-refractivity contribution < 1.29 is 10.2 Å². The molecule has 5 rings (SSSR count). The smallest absolute Gasteiger partial charge is 0.0949 e. The molecule has 4 heteroatoms. The summed E-state index contributed by atoms with van der Waals surface area (Å²) in [5, 5.41) is 21.4. The normalized spacial score (nSPS) is 50.5. The van der Waals surface area contributed by atoms with Crippen LogP contribution in [0.3, 0.4) is 0 Å². The van der Waals surface area contributed by atoms with Gasteiger partial charge in [0.15, 0.2) is 0 Å². The number of rotatable bonds is 1. The molecule has 3 unspecified atom stereocenters. The standard InChI is InChI=1S/C22H32N2O2/c1-21-7-5-15(25)11-14(21)3-4-16-17(21)6-8-22(2)18(16)12-19(20(22)26)24-10-9-23-13-24/h3,9-10,13,15-20,25-26H,4-8,11-12H2,1-2H3/t15?,16-,17-,18+,19?,20?,21+,22+/m1/s1. The molecule has 0 bridgehead atoms. The molecular weight excluding hydrogens is 324 g/mol. The summed E-state index contributed by atoms with van der Waals surface area (Å²) < 4.78 is 2.13. The molecule has 0 radical (unpaired) electrons. The SMILES string of the molecule is C[C@]12CCC(O)CC1=CC[C@@H]1[C@H]2CC[C@]2(C)C(O)C(n3ccnc3)C[C@@H]12. The summed E-state index contributed by atoms with van der Waals surface area (Å²) in [6.07, 6.45) is 15.2. The molecule has 0 amide bonds. The van der Waals surface area contributed by atoms with Gasteiger partial charge in [0, 0.05) is 12.4 Å². The van der Waals surface area contributed by atoms with E-state index in [1.807, 2.05) is 18.7 Å². The van der Waals surface area contributed by atoms with Crippen molar-refractivity contribution in [2.24, 2.45) is 28.6 Å². The lowest BCUT2D eigenvalue weighted by Gasteiger charge is -2.57. The van der Waals surface area contributed by atoms with E-state index in [2.05, 4.69) is 29.5 Å². The molecule has 0 aromatic carbocycles. The predicted molar refractivity (Wildman–Crippen MR) is 100 cm³/mol. The molecule has 0 spiro atoms. The number of allylic oxidation sites excluding steroid dienone is 1. The second kappa shape index (κ2) is 5.68. The van der Waals surface area contributed by atoms with Crippen molar-refractivity contribution in [3.05, 3.63) is 30.4 Å². The van der Waals surface area contributed by atoms with Crippen LogP contribution in [0.5, 0.6) is 0 Å². The zero-order valence-corrected chi connectivity index (χ0v) is 16.0. The summed E-state index contributed by atoms with van der Waals surface area (Å²) in [6, 6.07) is 0.164. The number of aromatic nitrogens is 2. The molecule has 1 heterocycles. The first kappa shape index (κ1) is 17.0. The fourth-order valence-electron chi connectivity index (χ4n) is 7.38. The Labute approximate surface area is 156 Å². The van der Waals surface area contributed by atoms with Gasteiger partial charge in [0.2, 0.25) is 0 Å². The highest BCUT2D eigenvalue weighted by Crippen LogP contribution is 2.66. The molecule has 142 valence electrons. The first-order valence-electron chi connectivity index (χ1n) is 10.5. The van der Waals surface area contributed by atoms with E-state index in [0.717, 1.165) is 38.5 Å². The van der Waals surface area contributed by atoms with Crippen LogP contribution in [0.1, 0.15) is 64.8 Å². The summed E-state index contributed by atoms with van der Waals surface area (Å²) in [5.41, 5.74) is 1.80. The van der Waals surface area contributed by atoms with Crippen molar-refractivity contribution in [1.82, 2.24) is 9.55 Å². The molecule has 3 saturated carbocycles. The van der Waals surface area contributed by atoms with Crippen molar-refractivity contribution in [2.75, 3.05) is 0 Å². The van der Waals surface area contributed by atoms with Gasteiger partial charge in [-0.15, -0.1) is 0 Å². The van der Waals surface area contributed by atoms with Crippen molar-refractivity contribution >= 4 is 0 Å². The number of hydrogen-bond donors (Lipinski definition) is 2. The van der Waals surface area contributed by atoms with Crippen LogP contribution in [-0.4, -0.2) is 32.0 Å². The first-order valence-corrected chi connectivity index (χ1v) is 10.5. The molecule has 0 aliphatic heterocycles. The topological polar surface area (TPSA) is 58.3 Å². The van der Waals surface area contributed by atoms with E-state index in [9.17, 15) is 10.2 Å². The van der Waals surface area contributed by atoms with Crippen molar-refractivity contribution in [3.8, 4) is 0 Å². The molecule has 4 nitrogen and oxygen atoms in total. The maximum atomic E-state index is 11.2. The van der Waals surface area contributed by atoms with Crippen molar-refractivity contribution in [2.45, 2.75) is 77.0 Å². The molecule has 1 aromatic heterocycles. The van der Waals surface area contributed by atoms with Gasteiger partial charge < -0.3 is 14.8 Å². The van der Waals surface area contributed by atoms with E-state index in [1.165, 1.54) is 12.0 Å². The molecule has 8 atom stereocenters. The van der Waals surface area contributed by atoms with Gasteiger partial charge >= 0.3 is 0 Å². The zero-order valence-electron chi connectivity index (χ0n) is 16.0. The van der Waals surface area contributed by atoms with Gasteiger partial charge in [-0.3, -0.25) is 0 Å². The Morgan fingerprint density at radius 2 is 2.00 bits per heavy atom. The maximum Gasteiger partial charge on any atom is 0.0949 e. The highest BCUT2D eigenvalue weighted by molar-refractivity contribution is 5.25. The molecule has 26 heavy (non-hydrogen) atoms. The minimum atomic E-state index is -0.283. The molecule has 2 N–H and O–H groups in total. The Hall–Kier alpha value is -1.13. The van der Waals surface area contributed by atoms with Gasteiger partial charge in [-0.2, -0.15) is 0 Å². The Bertz CT molecular complexity index is 714. The summed E-state index contributed by atoms with van der Waals surface area (Å²) in [4.78, 5) is 4.21. The summed E-state index contributed by atoms with van der Waals surface area (Å²) in [6.45, 7) is 4.80. The van der Waals surface area contributed by atoms with Crippen LogP contribution >= 0.6 is 0 Å². The van der Waals surface area contributed by atoms with Crippen LogP contribution < -0.4 is 0 Å². The van der Waals surface area contributed by atoms with E-state index in [0.29, 0.717) is 17.8 Å². The van der Waals surface area contributed by atoms with E-state index in [-0.39, 0.29) is 29.1 Å². The minimum absolute atomic E-state index is 0.0198. The number of imidazole rings is 1. The first-order chi connectivity index (χ1) is 12.4. The summed E-state index contributed by atoms with van der Waals surface area (Å²) in [7, 11) is 0. The number of hydrogen-bond acceptors (Lipinski definition) is 3. The number of fused-ring (bicyclic) bond motifs is 5. The maximum absolute atomic E-state index is 11.2. The Morgan fingerprint density at radius 1 is 1.15 bits per heavy atom. The van der Waals surface area contributed by atoms with E-state index in [1.54, 1.807) is 0 Å². The van der Waals surface area contributed by atoms with Crippen LogP contribution in [0.2, 0.25) is 0 Å². The average molecular weight is 357 g/mol.